The van der Waals surface area contributed by atoms with Crippen LogP contribution in [-0.4, -0.2) is 83.0 Å². The lowest BCUT2D eigenvalue weighted by Gasteiger charge is -2.40. The molecule has 43 heavy (non-hydrogen) atoms. The molecule has 6 rings (SSSR count). The van der Waals surface area contributed by atoms with Crippen molar-refractivity contribution in [1.29, 1.82) is 0 Å². The predicted molar refractivity (Wildman–Crippen MR) is 171 cm³/mol. The number of benzene rings is 2. The van der Waals surface area contributed by atoms with Crippen LogP contribution in [0.3, 0.4) is 0 Å². The summed E-state index contributed by atoms with van der Waals surface area (Å²) < 4.78 is 0. The highest BCUT2D eigenvalue weighted by molar-refractivity contribution is 5.77. The first-order chi connectivity index (χ1) is 21.0. The van der Waals surface area contributed by atoms with Gasteiger partial charge < -0.3 is 14.9 Å². The molecule has 6 heteroatoms. The fraction of sp³-hybridized carbons (Fsp3) is 0.622. The zero-order valence-electron chi connectivity index (χ0n) is 25.9. The molecule has 0 bridgehead atoms. The number of aliphatic carboxylic acids is 1. The summed E-state index contributed by atoms with van der Waals surface area (Å²) in [6, 6.07) is 21.2. The van der Waals surface area contributed by atoms with Gasteiger partial charge in [-0.05, 0) is 73.8 Å². The van der Waals surface area contributed by atoms with E-state index >= 15 is 0 Å². The second-order valence-electron chi connectivity index (χ2n) is 13.9. The third-order valence-electron chi connectivity index (χ3n) is 10.9. The zero-order chi connectivity index (χ0) is 29.6. The molecule has 1 N–H and O–H groups in total. The number of carbonyl (C=O) groups excluding carboxylic acids is 1. The minimum Gasteiger partial charge on any atom is -0.480 e. The number of aryl methyl sites for hydroxylation is 1. The molecule has 2 aliphatic heterocycles. The van der Waals surface area contributed by atoms with Gasteiger partial charge in [-0.1, -0.05) is 79.9 Å². The summed E-state index contributed by atoms with van der Waals surface area (Å²) in [5, 5.41) is 10.4. The summed E-state index contributed by atoms with van der Waals surface area (Å²) in [6.45, 7) is 5.66. The molecule has 3 atom stereocenters. The second-order valence-corrected chi connectivity index (χ2v) is 13.9. The van der Waals surface area contributed by atoms with Crippen LogP contribution in [0.1, 0.15) is 81.3 Å². The summed E-state index contributed by atoms with van der Waals surface area (Å²) in [5.74, 6) is 1.44. The summed E-state index contributed by atoms with van der Waals surface area (Å²) in [6.07, 6.45) is 11.7. The number of hydrogen-bond donors (Lipinski definition) is 1. The van der Waals surface area contributed by atoms with E-state index in [1.807, 2.05) is 6.07 Å². The molecule has 2 aliphatic carbocycles. The van der Waals surface area contributed by atoms with E-state index in [4.69, 9.17) is 0 Å². The Balaban J connectivity index is 1.08. The lowest BCUT2D eigenvalue weighted by atomic mass is 9.83. The van der Waals surface area contributed by atoms with Crippen molar-refractivity contribution in [3.63, 3.8) is 0 Å². The van der Waals surface area contributed by atoms with Gasteiger partial charge in [0.2, 0.25) is 5.91 Å². The zero-order valence-corrected chi connectivity index (χ0v) is 25.9. The van der Waals surface area contributed by atoms with Crippen molar-refractivity contribution in [2.75, 3.05) is 39.3 Å². The summed E-state index contributed by atoms with van der Waals surface area (Å²) in [7, 11) is 0. The fourth-order valence-corrected chi connectivity index (χ4v) is 8.32. The van der Waals surface area contributed by atoms with Crippen LogP contribution in [0.5, 0.6) is 0 Å². The van der Waals surface area contributed by atoms with Gasteiger partial charge in [0.15, 0.2) is 0 Å². The maximum atomic E-state index is 13.5. The minimum absolute atomic E-state index is 0.272. The largest absolute Gasteiger partial charge is 0.480 e. The van der Waals surface area contributed by atoms with Gasteiger partial charge in [0.1, 0.15) is 6.04 Å². The number of nitrogens with zero attached hydrogens (tertiary/aromatic N) is 3. The van der Waals surface area contributed by atoms with E-state index in [1.54, 1.807) is 0 Å². The third-order valence-corrected chi connectivity index (χ3v) is 10.9. The molecular formula is C37H51N3O3. The fourth-order valence-electron chi connectivity index (χ4n) is 8.32. The number of carboxylic acid groups (broad SMARTS) is 1. The molecule has 0 radical (unpaired) electrons. The molecule has 2 aromatic rings. The number of carboxylic acids is 1. The molecule has 0 aromatic heterocycles. The first kappa shape index (κ1) is 30.3. The highest BCUT2D eigenvalue weighted by Gasteiger charge is 2.43. The molecule has 6 nitrogen and oxygen atoms in total. The van der Waals surface area contributed by atoms with Gasteiger partial charge in [0, 0.05) is 57.6 Å². The van der Waals surface area contributed by atoms with Crippen molar-refractivity contribution in [2.45, 2.75) is 88.6 Å². The Labute approximate surface area is 258 Å². The Bertz CT molecular complexity index is 1170. The summed E-state index contributed by atoms with van der Waals surface area (Å²) in [5.41, 5.74) is 2.58. The van der Waals surface area contributed by atoms with E-state index in [2.05, 4.69) is 69.3 Å². The maximum absolute atomic E-state index is 13.5. The van der Waals surface area contributed by atoms with Gasteiger partial charge in [-0.3, -0.25) is 14.5 Å². The number of rotatable bonds is 12. The highest BCUT2D eigenvalue weighted by Crippen LogP contribution is 2.39. The molecule has 2 heterocycles. The number of hydrogen-bond acceptors (Lipinski definition) is 4. The van der Waals surface area contributed by atoms with E-state index in [9.17, 15) is 14.7 Å². The lowest BCUT2D eigenvalue weighted by molar-refractivity contribution is -0.145. The highest BCUT2D eigenvalue weighted by atomic mass is 16.4. The van der Waals surface area contributed by atoms with Crippen LogP contribution in [-0.2, 0) is 16.0 Å². The monoisotopic (exact) mass is 585 g/mol. The standard InChI is InChI=1S/C37H51N3O3/c41-35(19-18-28-10-4-1-5-11-28)40(24-29-16-17-29)33-20-22-38(23-21-33)25-32-26-39(27-34(32)30-12-6-2-7-13-30)36(37(42)43)31-14-8-3-9-15-31/h1-2,4-7,10-13,29,31-34,36H,3,8-9,14-27H2,(H,42,43). The number of likely N-dealkylation sites (tertiary alicyclic amines) is 2. The van der Waals surface area contributed by atoms with E-state index < -0.39 is 5.97 Å². The second kappa shape index (κ2) is 14.4. The molecule has 2 saturated heterocycles. The molecule has 1 amide bonds. The number of piperidine rings is 1. The molecule has 4 aliphatic rings. The van der Waals surface area contributed by atoms with Crippen LogP contribution in [0.2, 0.25) is 0 Å². The average molecular weight is 586 g/mol. The first-order valence-electron chi connectivity index (χ1n) is 17.1. The lowest BCUT2D eigenvalue weighted by Crippen LogP contribution is -2.49. The van der Waals surface area contributed by atoms with Gasteiger partial charge in [-0.2, -0.15) is 0 Å². The Morgan fingerprint density at radius 3 is 2.16 bits per heavy atom. The van der Waals surface area contributed by atoms with Crippen LogP contribution >= 0.6 is 0 Å². The van der Waals surface area contributed by atoms with Crippen LogP contribution in [0, 0.1) is 17.8 Å². The normalized spacial score (nSPS) is 25.0. The van der Waals surface area contributed by atoms with Crippen molar-refractivity contribution in [3.05, 3.63) is 71.8 Å². The molecule has 4 fully saturated rings. The van der Waals surface area contributed by atoms with Crippen molar-refractivity contribution in [3.8, 4) is 0 Å². The van der Waals surface area contributed by atoms with Crippen LogP contribution in [0.4, 0.5) is 0 Å². The number of amides is 1. The van der Waals surface area contributed by atoms with Crippen molar-refractivity contribution in [2.24, 2.45) is 17.8 Å². The average Bonchev–Trinajstić information content (AvgIpc) is 3.78. The molecule has 3 unspecified atom stereocenters. The quantitative estimate of drug-likeness (QED) is 0.328. The Kier molecular flexibility index (Phi) is 10.1. The van der Waals surface area contributed by atoms with Crippen LogP contribution in [0.25, 0.3) is 0 Å². The van der Waals surface area contributed by atoms with E-state index in [0.29, 0.717) is 36.1 Å². The summed E-state index contributed by atoms with van der Waals surface area (Å²) >= 11 is 0. The van der Waals surface area contributed by atoms with Gasteiger partial charge in [-0.25, -0.2) is 0 Å². The smallest absolute Gasteiger partial charge is 0.321 e. The summed E-state index contributed by atoms with van der Waals surface area (Å²) in [4.78, 5) is 33.3. The van der Waals surface area contributed by atoms with Crippen molar-refractivity contribution < 1.29 is 14.7 Å². The van der Waals surface area contributed by atoms with E-state index in [0.717, 1.165) is 84.2 Å². The van der Waals surface area contributed by atoms with Gasteiger partial charge >= 0.3 is 5.97 Å². The van der Waals surface area contributed by atoms with E-state index in [1.165, 1.54) is 30.4 Å². The topological polar surface area (TPSA) is 64.1 Å². The Morgan fingerprint density at radius 1 is 0.837 bits per heavy atom. The number of carbonyl (C=O) groups is 2. The maximum Gasteiger partial charge on any atom is 0.321 e. The SMILES string of the molecule is O=C(O)C(C1CCCCC1)N1CC(CN2CCC(N(CC3CC3)C(=O)CCc3ccccc3)CC2)C(c2ccccc2)C1. The minimum atomic E-state index is -0.632. The van der Waals surface area contributed by atoms with Crippen LogP contribution in [0.15, 0.2) is 60.7 Å². The van der Waals surface area contributed by atoms with Crippen molar-refractivity contribution in [1.82, 2.24) is 14.7 Å². The third kappa shape index (κ3) is 7.88. The van der Waals surface area contributed by atoms with Crippen molar-refractivity contribution >= 4 is 11.9 Å². The Morgan fingerprint density at radius 2 is 1.51 bits per heavy atom. The van der Waals surface area contributed by atoms with Gasteiger partial charge in [0.25, 0.3) is 0 Å². The van der Waals surface area contributed by atoms with Crippen LogP contribution < -0.4 is 0 Å². The molecule has 232 valence electrons. The van der Waals surface area contributed by atoms with Gasteiger partial charge in [0.05, 0.1) is 0 Å². The molecule has 0 spiro atoms. The first-order valence-corrected chi connectivity index (χ1v) is 17.1. The van der Waals surface area contributed by atoms with E-state index in [-0.39, 0.29) is 12.0 Å². The molecular weight excluding hydrogens is 534 g/mol. The predicted octanol–water partition coefficient (Wildman–Crippen LogP) is 6.07. The molecule has 2 aromatic carbocycles. The Hall–Kier alpha value is -2.70. The molecule has 2 saturated carbocycles. The van der Waals surface area contributed by atoms with Gasteiger partial charge in [-0.15, -0.1) is 0 Å².